The third-order valence-electron chi connectivity index (χ3n) is 3.45. The van der Waals surface area contributed by atoms with E-state index < -0.39 is 0 Å². The van der Waals surface area contributed by atoms with Crippen molar-refractivity contribution in [2.75, 3.05) is 13.7 Å². The molecule has 2 rings (SSSR count). The smallest absolute Gasteiger partial charge is 0.0590 e. The van der Waals surface area contributed by atoms with E-state index in [1.165, 1.54) is 12.8 Å². The fourth-order valence-electron chi connectivity index (χ4n) is 2.42. The van der Waals surface area contributed by atoms with E-state index >= 15 is 0 Å². The van der Waals surface area contributed by atoms with Crippen molar-refractivity contribution >= 4 is 23.2 Å². The van der Waals surface area contributed by atoms with Crippen LogP contribution in [-0.2, 0) is 11.2 Å². The molecule has 1 aromatic rings. The van der Waals surface area contributed by atoms with Crippen LogP contribution in [0.15, 0.2) is 18.2 Å². The van der Waals surface area contributed by atoms with E-state index in [0.717, 1.165) is 35.1 Å². The summed E-state index contributed by atoms with van der Waals surface area (Å²) in [7, 11) is 1.98. The van der Waals surface area contributed by atoms with Crippen LogP contribution >= 0.6 is 23.2 Å². The predicted octanol–water partition coefficient (Wildman–Crippen LogP) is 3.69. The summed E-state index contributed by atoms with van der Waals surface area (Å²) in [6.07, 6.45) is 4.65. The lowest BCUT2D eigenvalue weighted by atomic mass is 9.99. The van der Waals surface area contributed by atoms with Gasteiger partial charge >= 0.3 is 0 Å². The normalized spacial score (nSPS) is 21.2. The molecule has 4 heteroatoms. The topological polar surface area (TPSA) is 21.3 Å². The van der Waals surface area contributed by atoms with Crippen molar-refractivity contribution in [3.63, 3.8) is 0 Å². The summed E-state index contributed by atoms with van der Waals surface area (Å²) in [6, 6.07) is 6.01. The summed E-state index contributed by atoms with van der Waals surface area (Å²) in [5.41, 5.74) is 1.10. The van der Waals surface area contributed by atoms with Crippen molar-refractivity contribution < 1.29 is 4.74 Å². The Balaban J connectivity index is 1.98. The van der Waals surface area contributed by atoms with Gasteiger partial charge in [0.05, 0.1) is 6.10 Å². The quantitative estimate of drug-likeness (QED) is 0.892. The Morgan fingerprint density at radius 1 is 1.44 bits per heavy atom. The lowest BCUT2D eigenvalue weighted by Crippen LogP contribution is -2.31. The predicted molar refractivity (Wildman–Crippen MR) is 76.6 cm³/mol. The van der Waals surface area contributed by atoms with Gasteiger partial charge in [0.25, 0.3) is 0 Å². The first-order chi connectivity index (χ1) is 8.69. The molecule has 2 atom stereocenters. The molecule has 0 bridgehead atoms. The Labute approximate surface area is 119 Å². The summed E-state index contributed by atoms with van der Waals surface area (Å²) in [5, 5.41) is 4.86. The van der Waals surface area contributed by atoms with Gasteiger partial charge < -0.3 is 10.1 Å². The van der Waals surface area contributed by atoms with Gasteiger partial charge in [0.1, 0.15) is 0 Å². The second kappa shape index (κ2) is 6.76. The highest BCUT2D eigenvalue weighted by Crippen LogP contribution is 2.24. The SMILES string of the molecule is CNC(Cc1cc(Cl)ccc1Cl)CC1CCCO1. The molecule has 1 fully saturated rings. The molecule has 2 unspecified atom stereocenters. The molecule has 0 aromatic heterocycles. The van der Waals surface area contributed by atoms with Crippen LogP contribution in [0.5, 0.6) is 0 Å². The fraction of sp³-hybridized carbons (Fsp3) is 0.571. The molecular formula is C14H19Cl2NO. The first-order valence-electron chi connectivity index (χ1n) is 6.42. The van der Waals surface area contributed by atoms with Crippen molar-refractivity contribution in [1.82, 2.24) is 5.32 Å². The number of rotatable bonds is 5. The Morgan fingerprint density at radius 2 is 2.28 bits per heavy atom. The zero-order chi connectivity index (χ0) is 13.0. The second-order valence-electron chi connectivity index (χ2n) is 4.80. The Kier molecular flexibility index (Phi) is 5.31. The van der Waals surface area contributed by atoms with Crippen molar-refractivity contribution in [3.8, 4) is 0 Å². The van der Waals surface area contributed by atoms with Crippen molar-refractivity contribution in [2.24, 2.45) is 0 Å². The third kappa shape index (κ3) is 3.86. The number of halogens is 2. The minimum absolute atomic E-state index is 0.379. The fourth-order valence-corrected chi connectivity index (χ4v) is 2.81. The summed E-state index contributed by atoms with van der Waals surface area (Å²) in [4.78, 5) is 0. The number of nitrogens with one attached hydrogen (secondary N) is 1. The van der Waals surface area contributed by atoms with Crippen molar-refractivity contribution in [1.29, 1.82) is 0 Å². The lowest BCUT2D eigenvalue weighted by Gasteiger charge is -2.20. The Hall–Kier alpha value is -0.280. The molecule has 0 radical (unpaired) electrons. The highest BCUT2D eigenvalue weighted by Gasteiger charge is 2.20. The van der Waals surface area contributed by atoms with E-state index in [1.54, 1.807) is 0 Å². The molecule has 1 saturated heterocycles. The van der Waals surface area contributed by atoms with Crippen LogP contribution in [0.2, 0.25) is 10.0 Å². The number of ether oxygens (including phenoxy) is 1. The molecular weight excluding hydrogens is 269 g/mol. The van der Waals surface area contributed by atoms with E-state index in [4.69, 9.17) is 27.9 Å². The number of likely N-dealkylation sites (N-methyl/N-ethyl adjacent to an activating group) is 1. The number of hydrogen-bond acceptors (Lipinski definition) is 2. The van der Waals surface area contributed by atoms with Gasteiger partial charge in [-0.15, -0.1) is 0 Å². The van der Waals surface area contributed by atoms with Gasteiger partial charge in [-0.3, -0.25) is 0 Å². The third-order valence-corrected chi connectivity index (χ3v) is 4.06. The van der Waals surface area contributed by atoms with Gasteiger partial charge in [-0.05, 0) is 56.5 Å². The highest BCUT2D eigenvalue weighted by atomic mass is 35.5. The summed E-state index contributed by atoms with van der Waals surface area (Å²) < 4.78 is 5.68. The van der Waals surface area contributed by atoms with E-state index in [0.29, 0.717) is 12.1 Å². The largest absolute Gasteiger partial charge is 0.378 e. The molecule has 0 aliphatic carbocycles. The highest BCUT2D eigenvalue weighted by molar-refractivity contribution is 6.33. The first kappa shape index (κ1) is 14.1. The molecule has 0 amide bonds. The molecule has 1 N–H and O–H groups in total. The van der Waals surface area contributed by atoms with Crippen LogP contribution in [0, 0.1) is 0 Å². The zero-order valence-electron chi connectivity index (χ0n) is 10.6. The summed E-state index contributed by atoms with van der Waals surface area (Å²) >= 11 is 12.2. The summed E-state index contributed by atoms with van der Waals surface area (Å²) in [6.45, 7) is 0.902. The van der Waals surface area contributed by atoms with E-state index in [1.807, 2.05) is 25.2 Å². The molecule has 2 nitrogen and oxygen atoms in total. The van der Waals surface area contributed by atoms with E-state index in [-0.39, 0.29) is 0 Å². The average molecular weight is 288 g/mol. The molecule has 1 aliphatic rings. The molecule has 0 saturated carbocycles. The Morgan fingerprint density at radius 3 is 2.94 bits per heavy atom. The van der Waals surface area contributed by atoms with Crippen LogP contribution in [0.1, 0.15) is 24.8 Å². The maximum Gasteiger partial charge on any atom is 0.0590 e. The molecule has 100 valence electrons. The van der Waals surface area contributed by atoms with E-state index in [2.05, 4.69) is 5.32 Å². The zero-order valence-corrected chi connectivity index (χ0v) is 12.1. The number of hydrogen-bond donors (Lipinski definition) is 1. The van der Waals surface area contributed by atoms with Gasteiger partial charge in [-0.2, -0.15) is 0 Å². The van der Waals surface area contributed by atoms with Crippen LogP contribution in [0.25, 0.3) is 0 Å². The molecule has 0 spiro atoms. The minimum Gasteiger partial charge on any atom is -0.378 e. The van der Waals surface area contributed by atoms with Crippen LogP contribution in [0.4, 0.5) is 0 Å². The van der Waals surface area contributed by atoms with Gasteiger partial charge in [0.2, 0.25) is 0 Å². The van der Waals surface area contributed by atoms with Crippen molar-refractivity contribution in [2.45, 2.75) is 37.8 Å². The molecule has 18 heavy (non-hydrogen) atoms. The van der Waals surface area contributed by atoms with Gasteiger partial charge in [0, 0.05) is 22.7 Å². The summed E-state index contributed by atoms with van der Waals surface area (Å²) in [5.74, 6) is 0. The monoisotopic (exact) mass is 287 g/mol. The maximum atomic E-state index is 6.20. The van der Waals surface area contributed by atoms with Gasteiger partial charge in [-0.25, -0.2) is 0 Å². The van der Waals surface area contributed by atoms with Gasteiger partial charge in [-0.1, -0.05) is 23.2 Å². The molecule has 1 aromatic carbocycles. The van der Waals surface area contributed by atoms with Crippen LogP contribution in [0.3, 0.4) is 0 Å². The lowest BCUT2D eigenvalue weighted by molar-refractivity contribution is 0.0954. The van der Waals surface area contributed by atoms with Gasteiger partial charge in [0.15, 0.2) is 0 Å². The van der Waals surface area contributed by atoms with Crippen LogP contribution < -0.4 is 5.32 Å². The minimum atomic E-state index is 0.379. The standard InChI is InChI=1S/C14H19Cl2NO/c1-17-12(9-13-3-2-6-18-13)8-10-7-11(15)4-5-14(10)16/h4-5,7,12-13,17H,2-3,6,8-9H2,1H3. The first-order valence-corrected chi connectivity index (χ1v) is 7.17. The van der Waals surface area contributed by atoms with Crippen LogP contribution in [-0.4, -0.2) is 25.8 Å². The number of benzene rings is 1. The maximum absolute atomic E-state index is 6.20. The average Bonchev–Trinajstić information content (AvgIpc) is 2.85. The Bertz CT molecular complexity index is 391. The molecule has 1 aliphatic heterocycles. The molecule has 1 heterocycles. The van der Waals surface area contributed by atoms with E-state index in [9.17, 15) is 0 Å². The van der Waals surface area contributed by atoms with Crippen molar-refractivity contribution in [3.05, 3.63) is 33.8 Å². The second-order valence-corrected chi connectivity index (χ2v) is 5.64.